The quantitative estimate of drug-likeness (QED) is 0.547. The number of hydrogen-bond acceptors (Lipinski definition) is 2. The van der Waals surface area contributed by atoms with E-state index in [4.69, 9.17) is 5.73 Å². The Morgan fingerprint density at radius 2 is 1.62 bits per heavy atom. The van der Waals surface area contributed by atoms with E-state index < -0.39 is 0 Å². The standard InChI is InChI=1S/C12H10I2N2/c13-8-1-4-10(5-2-8)16-12-6-3-9(15)7-11(12)14/h1-7,16H,15H2. The lowest BCUT2D eigenvalue weighted by Gasteiger charge is -2.09. The van der Waals surface area contributed by atoms with Gasteiger partial charge in [0.2, 0.25) is 0 Å². The fourth-order valence-electron chi connectivity index (χ4n) is 1.32. The molecular formula is C12H10I2N2. The summed E-state index contributed by atoms with van der Waals surface area (Å²) in [5.74, 6) is 0. The molecule has 0 amide bonds. The lowest BCUT2D eigenvalue weighted by molar-refractivity contribution is 1.51. The predicted octanol–water partition coefficient (Wildman–Crippen LogP) is 4.22. The zero-order chi connectivity index (χ0) is 11.5. The normalized spacial score (nSPS) is 10.1. The van der Waals surface area contributed by atoms with E-state index in [1.807, 2.05) is 18.2 Å². The van der Waals surface area contributed by atoms with Crippen LogP contribution >= 0.6 is 45.2 Å². The molecule has 0 aromatic heterocycles. The van der Waals surface area contributed by atoms with Crippen molar-refractivity contribution in [1.29, 1.82) is 0 Å². The number of halogens is 2. The van der Waals surface area contributed by atoms with Crippen LogP contribution in [0.2, 0.25) is 0 Å². The Balaban J connectivity index is 2.23. The van der Waals surface area contributed by atoms with Crippen LogP contribution in [0.1, 0.15) is 0 Å². The van der Waals surface area contributed by atoms with E-state index in [0.717, 1.165) is 20.6 Å². The lowest BCUT2D eigenvalue weighted by Crippen LogP contribution is -1.94. The summed E-state index contributed by atoms with van der Waals surface area (Å²) >= 11 is 4.57. The van der Waals surface area contributed by atoms with Crippen LogP contribution in [-0.4, -0.2) is 0 Å². The second-order valence-corrected chi connectivity index (χ2v) is 5.78. The third kappa shape index (κ3) is 3.00. The highest BCUT2D eigenvalue weighted by atomic mass is 127. The zero-order valence-corrected chi connectivity index (χ0v) is 12.7. The summed E-state index contributed by atoms with van der Waals surface area (Å²) in [6.45, 7) is 0. The van der Waals surface area contributed by atoms with Crippen molar-refractivity contribution in [3.8, 4) is 0 Å². The summed E-state index contributed by atoms with van der Waals surface area (Å²) in [6, 6.07) is 14.1. The summed E-state index contributed by atoms with van der Waals surface area (Å²) in [5.41, 5.74) is 8.66. The highest BCUT2D eigenvalue weighted by molar-refractivity contribution is 14.1. The number of anilines is 3. The third-order valence-corrected chi connectivity index (χ3v) is 3.73. The Bertz CT molecular complexity index is 495. The molecule has 0 spiro atoms. The van der Waals surface area contributed by atoms with Gasteiger partial charge in [0, 0.05) is 18.5 Å². The highest BCUT2D eigenvalue weighted by Gasteiger charge is 2.00. The number of nitrogens with two attached hydrogens (primary N) is 1. The van der Waals surface area contributed by atoms with Crippen LogP contribution in [-0.2, 0) is 0 Å². The van der Waals surface area contributed by atoms with Crippen LogP contribution in [0.15, 0.2) is 42.5 Å². The topological polar surface area (TPSA) is 38.0 Å². The first-order valence-corrected chi connectivity index (χ1v) is 6.88. The average molecular weight is 436 g/mol. The van der Waals surface area contributed by atoms with Crippen molar-refractivity contribution in [2.45, 2.75) is 0 Å². The van der Waals surface area contributed by atoms with Crippen molar-refractivity contribution < 1.29 is 0 Å². The Hall–Kier alpha value is -0.500. The van der Waals surface area contributed by atoms with Gasteiger partial charge in [-0.2, -0.15) is 0 Å². The number of rotatable bonds is 2. The predicted molar refractivity (Wildman–Crippen MR) is 86.0 cm³/mol. The fraction of sp³-hybridized carbons (Fsp3) is 0. The van der Waals surface area contributed by atoms with E-state index in [-0.39, 0.29) is 0 Å². The molecule has 0 aliphatic carbocycles. The first-order valence-electron chi connectivity index (χ1n) is 4.73. The van der Waals surface area contributed by atoms with E-state index in [0.29, 0.717) is 0 Å². The van der Waals surface area contributed by atoms with E-state index in [1.165, 1.54) is 3.57 Å². The molecule has 16 heavy (non-hydrogen) atoms. The Kier molecular flexibility index (Phi) is 3.91. The molecule has 82 valence electrons. The van der Waals surface area contributed by atoms with Gasteiger partial charge < -0.3 is 11.1 Å². The van der Waals surface area contributed by atoms with Crippen molar-refractivity contribution in [3.63, 3.8) is 0 Å². The van der Waals surface area contributed by atoms with Gasteiger partial charge in [0.05, 0.1) is 5.69 Å². The molecule has 0 saturated carbocycles. The first-order chi connectivity index (χ1) is 7.65. The molecule has 2 aromatic rings. The van der Waals surface area contributed by atoms with Crippen LogP contribution in [0.3, 0.4) is 0 Å². The number of benzene rings is 2. The van der Waals surface area contributed by atoms with Crippen molar-refractivity contribution >= 4 is 62.2 Å². The third-order valence-electron chi connectivity index (χ3n) is 2.12. The maximum atomic E-state index is 5.71. The molecule has 2 rings (SSSR count). The van der Waals surface area contributed by atoms with Crippen LogP contribution in [0.4, 0.5) is 17.1 Å². The Labute approximate surface area is 122 Å². The molecule has 0 heterocycles. The molecule has 2 nitrogen and oxygen atoms in total. The van der Waals surface area contributed by atoms with Gasteiger partial charge in [-0.3, -0.25) is 0 Å². The second kappa shape index (κ2) is 5.22. The van der Waals surface area contributed by atoms with Crippen LogP contribution < -0.4 is 11.1 Å². The van der Waals surface area contributed by atoms with Crippen LogP contribution in [0, 0.1) is 7.14 Å². The molecule has 0 fully saturated rings. The van der Waals surface area contributed by atoms with Gasteiger partial charge in [-0.15, -0.1) is 0 Å². The molecule has 0 atom stereocenters. The van der Waals surface area contributed by atoms with Gasteiger partial charge in [-0.05, 0) is 87.6 Å². The Morgan fingerprint density at radius 3 is 2.25 bits per heavy atom. The van der Waals surface area contributed by atoms with Crippen LogP contribution in [0.25, 0.3) is 0 Å². The molecule has 2 aromatic carbocycles. The maximum Gasteiger partial charge on any atom is 0.0521 e. The minimum absolute atomic E-state index is 0.789. The van der Waals surface area contributed by atoms with Gasteiger partial charge in [0.25, 0.3) is 0 Å². The minimum Gasteiger partial charge on any atom is -0.399 e. The van der Waals surface area contributed by atoms with Crippen molar-refractivity contribution in [3.05, 3.63) is 49.6 Å². The zero-order valence-electron chi connectivity index (χ0n) is 8.37. The highest BCUT2D eigenvalue weighted by Crippen LogP contribution is 2.24. The van der Waals surface area contributed by atoms with Gasteiger partial charge in [0.1, 0.15) is 0 Å². The molecule has 0 radical (unpaired) electrons. The van der Waals surface area contributed by atoms with Gasteiger partial charge in [-0.25, -0.2) is 0 Å². The second-order valence-electron chi connectivity index (χ2n) is 3.37. The smallest absolute Gasteiger partial charge is 0.0521 e. The molecule has 0 unspecified atom stereocenters. The SMILES string of the molecule is Nc1ccc(Nc2ccc(I)cc2)c(I)c1. The van der Waals surface area contributed by atoms with Gasteiger partial charge in [-0.1, -0.05) is 0 Å². The summed E-state index contributed by atoms with van der Waals surface area (Å²) in [4.78, 5) is 0. The summed E-state index contributed by atoms with van der Waals surface area (Å²) in [6.07, 6.45) is 0. The summed E-state index contributed by atoms with van der Waals surface area (Å²) < 4.78 is 2.35. The average Bonchev–Trinajstić information content (AvgIpc) is 2.25. The molecule has 3 N–H and O–H groups in total. The Morgan fingerprint density at radius 1 is 0.938 bits per heavy atom. The molecule has 4 heteroatoms. The minimum atomic E-state index is 0.789. The molecule has 0 aliphatic rings. The van der Waals surface area contributed by atoms with Gasteiger partial charge in [0.15, 0.2) is 0 Å². The molecule has 0 saturated heterocycles. The van der Waals surface area contributed by atoms with Crippen molar-refractivity contribution in [2.24, 2.45) is 0 Å². The molecular weight excluding hydrogens is 426 g/mol. The fourth-order valence-corrected chi connectivity index (χ4v) is 2.36. The first kappa shape index (κ1) is 12.0. The summed E-state index contributed by atoms with van der Waals surface area (Å²) in [7, 11) is 0. The van der Waals surface area contributed by atoms with E-state index >= 15 is 0 Å². The largest absolute Gasteiger partial charge is 0.399 e. The van der Waals surface area contributed by atoms with E-state index in [2.05, 4.69) is 74.8 Å². The molecule has 0 bridgehead atoms. The maximum absolute atomic E-state index is 5.71. The van der Waals surface area contributed by atoms with Crippen molar-refractivity contribution in [2.75, 3.05) is 11.1 Å². The number of hydrogen-bond donors (Lipinski definition) is 2. The summed E-state index contributed by atoms with van der Waals surface area (Å²) in [5, 5.41) is 3.36. The molecule has 0 aliphatic heterocycles. The van der Waals surface area contributed by atoms with Crippen LogP contribution in [0.5, 0.6) is 0 Å². The lowest BCUT2D eigenvalue weighted by atomic mass is 10.2. The number of nitrogens with one attached hydrogen (secondary N) is 1. The van der Waals surface area contributed by atoms with Gasteiger partial charge >= 0.3 is 0 Å². The number of nitrogen functional groups attached to an aromatic ring is 1. The van der Waals surface area contributed by atoms with E-state index in [9.17, 15) is 0 Å². The van der Waals surface area contributed by atoms with E-state index in [1.54, 1.807) is 0 Å². The monoisotopic (exact) mass is 436 g/mol. The van der Waals surface area contributed by atoms with Crippen molar-refractivity contribution in [1.82, 2.24) is 0 Å².